The molecule has 11 nitrogen and oxygen atoms in total. The Balaban J connectivity index is 1.35. The van der Waals surface area contributed by atoms with Gasteiger partial charge in [0, 0.05) is 58.8 Å². The Morgan fingerprint density at radius 1 is 1.12 bits per heavy atom. The van der Waals surface area contributed by atoms with Gasteiger partial charge in [-0.1, -0.05) is 11.6 Å². The summed E-state index contributed by atoms with van der Waals surface area (Å²) in [6.07, 6.45) is 0.860. The van der Waals surface area contributed by atoms with E-state index in [1.807, 2.05) is 13.8 Å². The lowest BCUT2D eigenvalue weighted by Crippen LogP contribution is -2.56. The van der Waals surface area contributed by atoms with E-state index in [-0.39, 0.29) is 29.3 Å². The smallest absolute Gasteiger partial charge is 0.408 e. The number of rotatable bonds is 5. The molecule has 4 amide bonds. The van der Waals surface area contributed by atoms with E-state index in [0.29, 0.717) is 42.1 Å². The topological polar surface area (TPSA) is 148 Å². The number of carbonyl (C=O) groups excluding carboxylic acids is 3. The molecule has 0 radical (unpaired) electrons. The first kappa shape index (κ1) is 28.9. The van der Waals surface area contributed by atoms with Gasteiger partial charge in [0.1, 0.15) is 5.69 Å². The van der Waals surface area contributed by atoms with Gasteiger partial charge in [-0.25, -0.2) is 9.78 Å². The third kappa shape index (κ3) is 5.89. The molecular formula is C28H33ClN6O5S. The molecule has 0 unspecified atom stereocenters. The molecule has 41 heavy (non-hydrogen) atoms. The number of hydrogen-bond donors (Lipinski definition) is 4. The molecule has 4 N–H and O–H groups in total. The van der Waals surface area contributed by atoms with Crippen molar-refractivity contribution in [2.45, 2.75) is 63.7 Å². The molecule has 0 saturated heterocycles. The molecule has 1 fully saturated rings. The van der Waals surface area contributed by atoms with Crippen LogP contribution in [0.1, 0.15) is 64.0 Å². The number of carboxylic acid groups (broad SMARTS) is 1. The number of fused-ring (bicyclic) bond motifs is 2. The van der Waals surface area contributed by atoms with Crippen LogP contribution in [0.25, 0.3) is 10.9 Å². The lowest BCUT2D eigenvalue weighted by molar-refractivity contribution is -0.134. The summed E-state index contributed by atoms with van der Waals surface area (Å²) >= 11 is 7.35. The molecular weight excluding hydrogens is 568 g/mol. The highest BCUT2D eigenvalue weighted by atomic mass is 35.5. The average Bonchev–Trinajstić information content (AvgIpc) is 3.51. The largest absolute Gasteiger partial charge is 0.465 e. The van der Waals surface area contributed by atoms with Crippen molar-refractivity contribution in [1.82, 2.24) is 30.4 Å². The molecule has 218 valence electrons. The molecule has 0 spiro atoms. The van der Waals surface area contributed by atoms with Gasteiger partial charge in [0.2, 0.25) is 5.91 Å². The summed E-state index contributed by atoms with van der Waals surface area (Å²) < 4.78 is 0. The number of nitrogens with one attached hydrogen (secondary N) is 3. The number of H-pyrrole nitrogens is 1. The zero-order valence-corrected chi connectivity index (χ0v) is 24.9. The maximum Gasteiger partial charge on any atom is 0.408 e. The van der Waals surface area contributed by atoms with Crippen molar-refractivity contribution in [1.29, 1.82) is 0 Å². The molecule has 2 aromatic heterocycles. The summed E-state index contributed by atoms with van der Waals surface area (Å²) in [5.74, 6) is -1.05. The van der Waals surface area contributed by atoms with E-state index in [0.717, 1.165) is 15.8 Å². The summed E-state index contributed by atoms with van der Waals surface area (Å²) in [6.45, 7) is 3.81. The highest BCUT2D eigenvalue weighted by Crippen LogP contribution is 2.34. The van der Waals surface area contributed by atoms with Crippen LogP contribution in [-0.4, -0.2) is 80.4 Å². The summed E-state index contributed by atoms with van der Waals surface area (Å²) in [4.78, 5) is 62.6. The monoisotopic (exact) mass is 600 g/mol. The summed E-state index contributed by atoms with van der Waals surface area (Å²) in [7, 11) is 3.40. The second kappa shape index (κ2) is 11.0. The van der Waals surface area contributed by atoms with E-state index in [1.54, 1.807) is 43.3 Å². The molecule has 3 atom stereocenters. The molecule has 1 aliphatic carbocycles. The van der Waals surface area contributed by atoms with Crippen LogP contribution in [0.3, 0.4) is 0 Å². The fourth-order valence-electron chi connectivity index (χ4n) is 5.72. The Morgan fingerprint density at radius 3 is 2.56 bits per heavy atom. The van der Waals surface area contributed by atoms with Gasteiger partial charge in [-0.05, 0) is 57.4 Å². The molecule has 2 aliphatic rings. The van der Waals surface area contributed by atoms with E-state index in [4.69, 9.17) is 11.6 Å². The number of hydrogen-bond acceptors (Lipinski definition) is 6. The molecule has 3 aromatic rings. The van der Waals surface area contributed by atoms with E-state index in [9.17, 15) is 24.3 Å². The van der Waals surface area contributed by atoms with Crippen molar-refractivity contribution < 1.29 is 24.3 Å². The first-order chi connectivity index (χ1) is 19.3. The quantitative estimate of drug-likeness (QED) is 0.349. The zero-order valence-electron chi connectivity index (χ0n) is 23.3. The van der Waals surface area contributed by atoms with Gasteiger partial charge < -0.3 is 25.6 Å². The van der Waals surface area contributed by atoms with Gasteiger partial charge >= 0.3 is 6.09 Å². The van der Waals surface area contributed by atoms with Crippen LogP contribution in [-0.2, 0) is 17.8 Å². The van der Waals surface area contributed by atoms with Crippen LogP contribution in [0.2, 0.25) is 5.02 Å². The van der Waals surface area contributed by atoms with Crippen molar-refractivity contribution in [3.8, 4) is 0 Å². The van der Waals surface area contributed by atoms with Gasteiger partial charge in [0.15, 0.2) is 5.01 Å². The van der Waals surface area contributed by atoms with Crippen LogP contribution < -0.4 is 10.6 Å². The fourth-order valence-corrected chi connectivity index (χ4v) is 7.09. The molecule has 1 saturated carbocycles. The second-order valence-corrected chi connectivity index (χ2v) is 13.1. The Kier molecular flexibility index (Phi) is 7.73. The van der Waals surface area contributed by atoms with Crippen LogP contribution in [0.5, 0.6) is 0 Å². The molecule has 5 rings (SSSR count). The summed E-state index contributed by atoms with van der Waals surface area (Å²) in [5.41, 5.74) is 1.11. The van der Waals surface area contributed by atoms with E-state index >= 15 is 0 Å². The Labute approximate surface area is 246 Å². The average molecular weight is 601 g/mol. The fraction of sp³-hybridized carbons (Fsp3) is 0.464. The van der Waals surface area contributed by atoms with Crippen LogP contribution in [0.15, 0.2) is 24.3 Å². The number of halogens is 1. The predicted octanol–water partition coefficient (Wildman–Crippen LogP) is 3.88. The van der Waals surface area contributed by atoms with Crippen molar-refractivity contribution in [3.63, 3.8) is 0 Å². The number of aromatic amines is 1. The Morgan fingerprint density at radius 2 is 1.85 bits per heavy atom. The number of thiazole rings is 1. The van der Waals surface area contributed by atoms with Gasteiger partial charge in [-0.2, -0.15) is 0 Å². The predicted molar refractivity (Wildman–Crippen MR) is 155 cm³/mol. The molecule has 13 heteroatoms. The highest BCUT2D eigenvalue weighted by Gasteiger charge is 2.40. The van der Waals surface area contributed by atoms with Gasteiger partial charge in [0.05, 0.1) is 18.3 Å². The van der Waals surface area contributed by atoms with E-state index in [1.165, 1.54) is 16.2 Å². The number of benzene rings is 1. The number of carbonyl (C=O) groups is 4. The van der Waals surface area contributed by atoms with E-state index < -0.39 is 29.6 Å². The van der Waals surface area contributed by atoms with E-state index in [2.05, 4.69) is 20.6 Å². The first-order valence-corrected chi connectivity index (χ1v) is 14.6. The lowest BCUT2D eigenvalue weighted by Gasteiger charge is -2.39. The van der Waals surface area contributed by atoms with Crippen LogP contribution in [0.4, 0.5) is 4.79 Å². The minimum atomic E-state index is -1.03. The third-order valence-corrected chi connectivity index (χ3v) is 9.27. The van der Waals surface area contributed by atoms with Gasteiger partial charge in [0.25, 0.3) is 11.8 Å². The summed E-state index contributed by atoms with van der Waals surface area (Å²) in [5, 5.41) is 17.3. The minimum absolute atomic E-state index is 0.0257. The second-order valence-electron chi connectivity index (χ2n) is 11.6. The lowest BCUT2D eigenvalue weighted by atomic mass is 9.81. The highest BCUT2D eigenvalue weighted by molar-refractivity contribution is 7.13. The molecule has 3 heterocycles. The summed E-state index contributed by atoms with van der Waals surface area (Å²) in [6, 6.07) is 6.13. The van der Waals surface area contributed by atoms with Crippen molar-refractivity contribution in [3.05, 3.63) is 50.6 Å². The maximum atomic E-state index is 13.4. The first-order valence-electron chi connectivity index (χ1n) is 13.4. The Bertz CT molecular complexity index is 1530. The third-order valence-electron chi connectivity index (χ3n) is 7.94. The standard InChI is InChI=1S/C28H33ClN6O5S/c1-28(2)12-22-21(13-35(28)27(39)40)33-25(41-22)24(37)32-19-10-14(26(38)34(3)4)5-7-18(19)31-23(36)20-11-15-9-16(29)6-8-17(15)30-20/h6,8-9,11,14,18-19,30H,5,7,10,12-13H2,1-4H3,(H,31,36)(H,32,37)(H,39,40)/t14-,18-,19+/m0/s1. The number of aromatic nitrogens is 2. The Hall–Kier alpha value is -3.64. The van der Waals surface area contributed by atoms with Crippen LogP contribution >= 0.6 is 22.9 Å². The van der Waals surface area contributed by atoms with Crippen LogP contribution in [0, 0.1) is 5.92 Å². The van der Waals surface area contributed by atoms with Gasteiger partial charge in [-0.15, -0.1) is 11.3 Å². The molecule has 1 aromatic carbocycles. The van der Waals surface area contributed by atoms with Crippen molar-refractivity contribution in [2.24, 2.45) is 5.92 Å². The minimum Gasteiger partial charge on any atom is -0.465 e. The maximum absolute atomic E-state index is 13.4. The molecule has 0 bridgehead atoms. The number of amides is 4. The normalized spacial score (nSPS) is 21.7. The van der Waals surface area contributed by atoms with Crippen molar-refractivity contribution >= 4 is 57.7 Å². The zero-order chi connectivity index (χ0) is 29.6. The SMILES string of the molecule is CN(C)C(=O)[C@H]1CC[C@H](NC(=O)c2cc3cc(Cl)ccc3[nH]2)[C@H](NC(=O)c2nc3c(s2)CC(C)(C)N(C(=O)O)C3)C1. The molecule has 1 aliphatic heterocycles. The van der Waals surface area contributed by atoms with Gasteiger partial charge in [-0.3, -0.25) is 19.3 Å². The van der Waals surface area contributed by atoms with Crippen molar-refractivity contribution in [2.75, 3.05) is 14.1 Å². The number of nitrogens with zero attached hydrogens (tertiary/aromatic N) is 3.